The maximum Gasteiger partial charge on any atom is 0.329 e. The Hall–Kier alpha value is -1.85. The lowest BCUT2D eigenvalue weighted by molar-refractivity contribution is -0.143. The zero-order chi connectivity index (χ0) is 14.3. The van der Waals surface area contributed by atoms with Crippen LogP contribution < -0.4 is 10.5 Å². The maximum absolute atomic E-state index is 11.8. The summed E-state index contributed by atoms with van der Waals surface area (Å²) in [5.41, 5.74) is -1.17. The van der Waals surface area contributed by atoms with Crippen LogP contribution in [0.1, 0.15) is 50.8 Å². The van der Waals surface area contributed by atoms with Crippen LogP contribution in [0.25, 0.3) is 0 Å². The Labute approximate surface area is 116 Å². The van der Waals surface area contributed by atoms with Gasteiger partial charge in [0, 0.05) is 18.5 Å². The van der Waals surface area contributed by atoms with Gasteiger partial charge in [-0.2, -0.15) is 0 Å². The van der Waals surface area contributed by atoms with E-state index in [4.69, 9.17) is 0 Å². The molecule has 1 saturated carbocycles. The molecule has 2 N–H and O–H groups in total. The lowest BCUT2D eigenvalue weighted by Gasteiger charge is -2.42. The second kappa shape index (κ2) is 4.61. The van der Waals surface area contributed by atoms with Gasteiger partial charge >= 0.3 is 5.97 Å². The first kappa shape index (κ1) is 13.1. The van der Waals surface area contributed by atoms with Gasteiger partial charge in [-0.25, -0.2) is 9.78 Å². The number of aromatic nitrogens is 2. The van der Waals surface area contributed by atoms with Gasteiger partial charge in [-0.05, 0) is 39.0 Å². The van der Waals surface area contributed by atoms with Crippen molar-refractivity contribution < 1.29 is 9.90 Å². The van der Waals surface area contributed by atoms with Gasteiger partial charge in [0.05, 0.1) is 0 Å². The number of carbonyl (C=O) groups is 1. The van der Waals surface area contributed by atoms with Crippen LogP contribution in [-0.4, -0.2) is 33.1 Å². The Morgan fingerprint density at radius 1 is 1.50 bits per heavy atom. The van der Waals surface area contributed by atoms with Crippen molar-refractivity contribution in [2.24, 2.45) is 0 Å². The summed E-state index contributed by atoms with van der Waals surface area (Å²) in [4.78, 5) is 32.5. The van der Waals surface area contributed by atoms with E-state index in [0.29, 0.717) is 30.5 Å². The molecule has 0 amide bonds. The SMILES string of the molecule is CC1(C(=O)O)CCCCN1c1cc(=O)[nH]c(C2CC2)n1. The first-order valence-electron chi connectivity index (χ1n) is 7.13. The van der Waals surface area contributed by atoms with Gasteiger partial charge in [-0.3, -0.25) is 4.79 Å². The van der Waals surface area contributed by atoms with Gasteiger partial charge in [0.15, 0.2) is 0 Å². The number of hydrogen-bond acceptors (Lipinski definition) is 4. The Kier molecular flexibility index (Phi) is 3.03. The predicted molar refractivity (Wildman–Crippen MR) is 74.1 cm³/mol. The highest BCUT2D eigenvalue weighted by atomic mass is 16.4. The fourth-order valence-electron chi connectivity index (χ4n) is 2.86. The molecule has 1 aliphatic carbocycles. The van der Waals surface area contributed by atoms with Crippen molar-refractivity contribution in [3.05, 3.63) is 22.2 Å². The second-order valence-corrected chi connectivity index (χ2v) is 5.95. The monoisotopic (exact) mass is 277 g/mol. The molecule has 0 spiro atoms. The summed E-state index contributed by atoms with van der Waals surface area (Å²) in [6.45, 7) is 2.34. The standard InChI is InChI=1S/C14H19N3O3/c1-14(13(19)20)6-2-3-7-17(14)10-8-11(18)16-12(15-10)9-4-5-9/h8-9H,2-7H2,1H3,(H,19,20)(H,15,16,18). The molecule has 20 heavy (non-hydrogen) atoms. The summed E-state index contributed by atoms with van der Waals surface area (Å²) in [6, 6.07) is 1.42. The zero-order valence-corrected chi connectivity index (χ0v) is 11.6. The number of rotatable bonds is 3. The van der Waals surface area contributed by atoms with Gasteiger partial charge < -0.3 is 15.0 Å². The molecule has 108 valence electrons. The van der Waals surface area contributed by atoms with E-state index in [1.165, 1.54) is 6.07 Å². The normalized spacial score (nSPS) is 26.6. The number of nitrogens with zero attached hydrogens (tertiary/aromatic N) is 2. The van der Waals surface area contributed by atoms with Gasteiger partial charge in [0.1, 0.15) is 17.2 Å². The van der Waals surface area contributed by atoms with Crippen LogP contribution in [0.5, 0.6) is 0 Å². The highest BCUT2D eigenvalue weighted by Gasteiger charge is 2.42. The van der Waals surface area contributed by atoms with Crippen LogP contribution in [0.4, 0.5) is 5.82 Å². The molecule has 1 atom stereocenters. The molecule has 2 fully saturated rings. The number of carboxylic acids is 1. The largest absolute Gasteiger partial charge is 0.480 e. The summed E-state index contributed by atoms with van der Waals surface area (Å²) in [7, 11) is 0. The first-order chi connectivity index (χ1) is 9.50. The van der Waals surface area contributed by atoms with E-state index >= 15 is 0 Å². The Balaban J connectivity index is 2.01. The topological polar surface area (TPSA) is 86.3 Å². The third-order valence-electron chi connectivity index (χ3n) is 4.34. The highest BCUT2D eigenvalue weighted by Crippen LogP contribution is 2.39. The Morgan fingerprint density at radius 2 is 2.25 bits per heavy atom. The molecule has 2 heterocycles. The van der Waals surface area contributed by atoms with Gasteiger partial charge in [0.2, 0.25) is 0 Å². The molecule has 0 aromatic carbocycles. The number of aromatic amines is 1. The van der Waals surface area contributed by atoms with E-state index in [1.807, 2.05) is 0 Å². The molecule has 1 aromatic rings. The Morgan fingerprint density at radius 3 is 2.90 bits per heavy atom. The minimum absolute atomic E-state index is 0.199. The summed E-state index contributed by atoms with van der Waals surface area (Å²) in [5.74, 6) is 0.682. The lowest BCUT2D eigenvalue weighted by Crippen LogP contribution is -2.56. The van der Waals surface area contributed by atoms with E-state index in [9.17, 15) is 14.7 Å². The first-order valence-corrected chi connectivity index (χ1v) is 7.13. The second-order valence-electron chi connectivity index (χ2n) is 5.95. The molecule has 1 aromatic heterocycles. The number of nitrogens with one attached hydrogen (secondary N) is 1. The third kappa shape index (κ3) is 2.19. The van der Waals surface area contributed by atoms with Crippen molar-refractivity contribution >= 4 is 11.8 Å². The average Bonchev–Trinajstić information content (AvgIpc) is 3.22. The van der Waals surface area contributed by atoms with Gasteiger partial charge in [-0.1, -0.05) is 0 Å². The van der Waals surface area contributed by atoms with Crippen LogP contribution in [0.3, 0.4) is 0 Å². The van der Waals surface area contributed by atoms with Crippen molar-refractivity contribution in [1.29, 1.82) is 0 Å². The van der Waals surface area contributed by atoms with Crippen molar-refractivity contribution in [3.8, 4) is 0 Å². The highest BCUT2D eigenvalue weighted by molar-refractivity contribution is 5.83. The summed E-state index contributed by atoms with van der Waals surface area (Å²) in [6.07, 6.45) is 4.48. The number of aliphatic carboxylic acids is 1. The number of piperidine rings is 1. The molecular weight excluding hydrogens is 258 g/mol. The predicted octanol–water partition coefficient (Wildman–Crippen LogP) is 1.48. The van der Waals surface area contributed by atoms with Crippen molar-refractivity contribution in [2.45, 2.75) is 50.5 Å². The van der Waals surface area contributed by atoms with Crippen molar-refractivity contribution in [1.82, 2.24) is 9.97 Å². The molecule has 1 aliphatic heterocycles. The van der Waals surface area contributed by atoms with Crippen LogP contribution in [0.2, 0.25) is 0 Å². The number of H-pyrrole nitrogens is 1. The molecule has 2 aliphatic rings. The quantitative estimate of drug-likeness (QED) is 0.874. The van der Waals surface area contributed by atoms with Gasteiger partial charge in [0.25, 0.3) is 5.56 Å². The van der Waals surface area contributed by atoms with E-state index in [-0.39, 0.29) is 5.56 Å². The average molecular weight is 277 g/mol. The van der Waals surface area contributed by atoms with Crippen LogP contribution in [-0.2, 0) is 4.79 Å². The molecule has 1 saturated heterocycles. The molecular formula is C14H19N3O3. The number of anilines is 1. The molecule has 0 radical (unpaired) electrons. The minimum Gasteiger partial charge on any atom is -0.480 e. The summed E-state index contributed by atoms with van der Waals surface area (Å²) >= 11 is 0. The zero-order valence-electron chi connectivity index (χ0n) is 11.6. The van der Waals surface area contributed by atoms with Crippen LogP contribution in [0, 0.1) is 0 Å². The van der Waals surface area contributed by atoms with Crippen LogP contribution >= 0.6 is 0 Å². The van der Waals surface area contributed by atoms with Crippen LogP contribution in [0.15, 0.2) is 10.9 Å². The molecule has 6 heteroatoms. The molecule has 6 nitrogen and oxygen atoms in total. The van der Waals surface area contributed by atoms with Crippen molar-refractivity contribution in [3.63, 3.8) is 0 Å². The summed E-state index contributed by atoms with van der Waals surface area (Å²) in [5, 5.41) is 9.53. The van der Waals surface area contributed by atoms with E-state index in [1.54, 1.807) is 11.8 Å². The lowest BCUT2D eigenvalue weighted by atomic mass is 9.88. The molecule has 0 bridgehead atoms. The molecule has 3 rings (SSSR count). The third-order valence-corrected chi connectivity index (χ3v) is 4.34. The maximum atomic E-state index is 11.8. The minimum atomic E-state index is -0.972. The fraction of sp³-hybridized carbons (Fsp3) is 0.643. The van der Waals surface area contributed by atoms with E-state index in [2.05, 4.69) is 9.97 Å². The Bertz CT molecular complexity index is 594. The molecule has 1 unspecified atom stereocenters. The van der Waals surface area contributed by atoms with E-state index in [0.717, 1.165) is 25.7 Å². The van der Waals surface area contributed by atoms with Crippen molar-refractivity contribution in [2.75, 3.05) is 11.4 Å². The number of hydrogen-bond donors (Lipinski definition) is 2. The summed E-state index contributed by atoms with van der Waals surface area (Å²) < 4.78 is 0. The number of carboxylic acid groups (broad SMARTS) is 1. The van der Waals surface area contributed by atoms with Gasteiger partial charge in [-0.15, -0.1) is 0 Å². The van der Waals surface area contributed by atoms with E-state index < -0.39 is 11.5 Å². The fourth-order valence-corrected chi connectivity index (χ4v) is 2.86. The smallest absolute Gasteiger partial charge is 0.329 e.